The average molecular weight is 601 g/mol. The summed E-state index contributed by atoms with van der Waals surface area (Å²) in [7, 11) is 0. The Morgan fingerprint density at radius 1 is 1.07 bits per heavy atom. The van der Waals surface area contributed by atoms with Gasteiger partial charge < -0.3 is 19.5 Å². The van der Waals surface area contributed by atoms with Gasteiger partial charge in [-0.3, -0.25) is 4.79 Å². The number of ether oxygens (including phenoxy) is 2. The molecule has 5 rings (SSSR count). The predicted molar refractivity (Wildman–Crippen MR) is 158 cm³/mol. The number of carboxylic acid groups (broad SMARTS) is 1. The van der Waals surface area contributed by atoms with Crippen LogP contribution in [-0.4, -0.2) is 35.7 Å². The molecule has 0 aliphatic carbocycles. The number of anilines is 1. The SMILES string of the molecule is Cc1cc2c(c(-c3cc(F)c4c(c3C)CCCO4)c1[C@H](OC(C)(C)C)C(=O)O)CCN2C(=O)c1ccc(Cl)c(Cl)c1. The first-order valence-electron chi connectivity index (χ1n) is 13.6. The van der Waals surface area contributed by atoms with Gasteiger partial charge >= 0.3 is 5.97 Å². The van der Waals surface area contributed by atoms with Crippen molar-refractivity contribution in [1.82, 2.24) is 0 Å². The highest BCUT2D eigenvalue weighted by Gasteiger charge is 2.37. The second-order valence-electron chi connectivity index (χ2n) is 11.6. The highest BCUT2D eigenvalue weighted by Crippen LogP contribution is 2.48. The molecule has 2 aliphatic heterocycles. The summed E-state index contributed by atoms with van der Waals surface area (Å²) in [5, 5.41) is 11.0. The molecule has 2 aliphatic rings. The van der Waals surface area contributed by atoms with Crippen molar-refractivity contribution in [2.24, 2.45) is 0 Å². The number of carboxylic acids is 1. The van der Waals surface area contributed by atoms with Crippen LogP contribution in [0.5, 0.6) is 5.75 Å². The molecule has 6 nitrogen and oxygen atoms in total. The third kappa shape index (κ3) is 5.43. The molecule has 0 spiro atoms. The van der Waals surface area contributed by atoms with Gasteiger partial charge in [0.05, 0.1) is 22.3 Å². The second-order valence-corrected chi connectivity index (χ2v) is 12.4. The molecule has 0 saturated carbocycles. The maximum Gasteiger partial charge on any atom is 0.337 e. The summed E-state index contributed by atoms with van der Waals surface area (Å²) in [6.07, 6.45) is 0.538. The number of hydrogen-bond acceptors (Lipinski definition) is 4. The smallest absolute Gasteiger partial charge is 0.337 e. The monoisotopic (exact) mass is 599 g/mol. The van der Waals surface area contributed by atoms with Crippen molar-refractivity contribution in [1.29, 1.82) is 0 Å². The quantitative estimate of drug-likeness (QED) is 0.323. The third-order valence-corrected chi connectivity index (χ3v) is 8.35. The molecule has 1 amide bonds. The van der Waals surface area contributed by atoms with Crippen LogP contribution in [0.1, 0.15) is 71.5 Å². The lowest BCUT2D eigenvalue weighted by molar-refractivity contribution is -0.160. The van der Waals surface area contributed by atoms with Crippen LogP contribution in [0.4, 0.5) is 10.1 Å². The van der Waals surface area contributed by atoms with E-state index in [1.165, 1.54) is 12.1 Å². The Bertz CT molecular complexity index is 1580. The van der Waals surface area contributed by atoms with E-state index in [-0.39, 0.29) is 16.7 Å². The van der Waals surface area contributed by atoms with Crippen LogP contribution >= 0.6 is 23.2 Å². The molecule has 0 saturated heterocycles. The minimum atomic E-state index is -1.31. The predicted octanol–water partition coefficient (Wildman–Crippen LogP) is 7.89. The molecule has 0 aromatic heterocycles. The van der Waals surface area contributed by atoms with Crippen molar-refractivity contribution in [3.8, 4) is 16.9 Å². The van der Waals surface area contributed by atoms with Gasteiger partial charge in [-0.15, -0.1) is 0 Å². The molecule has 216 valence electrons. The zero-order chi connectivity index (χ0) is 29.8. The fourth-order valence-electron chi connectivity index (χ4n) is 5.84. The standard InChI is InChI=1S/C32H32Cl2FNO5/c1-16-13-25-20(10-11-36(25)30(37)18-8-9-22(33)23(34)14-18)27(26(16)29(31(38)39)41-32(3,4)5)21-15-24(35)28-19(17(21)2)7-6-12-40-28/h8-9,13-15,29H,6-7,10-12H2,1-5H3,(H,38,39)/t29-/m0/s1. The number of amides is 1. The number of hydrogen-bond donors (Lipinski definition) is 1. The van der Waals surface area contributed by atoms with Crippen molar-refractivity contribution in [3.63, 3.8) is 0 Å². The van der Waals surface area contributed by atoms with Gasteiger partial charge in [0, 0.05) is 28.9 Å². The minimum absolute atomic E-state index is 0.250. The number of carbonyl (C=O) groups is 2. The van der Waals surface area contributed by atoms with E-state index in [2.05, 4.69) is 0 Å². The number of nitrogens with zero attached hydrogens (tertiary/aromatic N) is 1. The summed E-state index contributed by atoms with van der Waals surface area (Å²) in [5.74, 6) is -1.65. The summed E-state index contributed by atoms with van der Waals surface area (Å²) in [6.45, 7) is 9.90. The van der Waals surface area contributed by atoms with Crippen molar-refractivity contribution in [3.05, 3.63) is 79.6 Å². The van der Waals surface area contributed by atoms with E-state index in [0.29, 0.717) is 64.5 Å². The maximum atomic E-state index is 15.5. The third-order valence-electron chi connectivity index (χ3n) is 7.61. The van der Waals surface area contributed by atoms with Crippen LogP contribution in [0, 0.1) is 19.7 Å². The summed E-state index contributed by atoms with van der Waals surface area (Å²) in [6, 6.07) is 7.99. The molecule has 3 aromatic carbocycles. The van der Waals surface area contributed by atoms with E-state index in [9.17, 15) is 14.7 Å². The first kappa shape index (κ1) is 29.4. The lowest BCUT2D eigenvalue weighted by Crippen LogP contribution is -2.29. The van der Waals surface area contributed by atoms with Gasteiger partial charge in [0.2, 0.25) is 0 Å². The molecule has 41 heavy (non-hydrogen) atoms. The van der Waals surface area contributed by atoms with Gasteiger partial charge in [-0.1, -0.05) is 23.2 Å². The lowest BCUT2D eigenvalue weighted by atomic mass is 9.83. The number of fused-ring (bicyclic) bond motifs is 2. The van der Waals surface area contributed by atoms with Crippen LogP contribution in [0.15, 0.2) is 30.3 Å². The molecule has 1 N–H and O–H groups in total. The molecule has 9 heteroatoms. The molecule has 2 heterocycles. The van der Waals surface area contributed by atoms with Crippen molar-refractivity contribution in [2.75, 3.05) is 18.1 Å². The Morgan fingerprint density at radius 3 is 2.46 bits per heavy atom. The Labute approximate surface area is 249 Å². The molecule has 1 atom stereocenters. The molecular weight excluding hydrogens is 568 g/mol. The van der Waals surface area contributed by atoms with Gasteiger partial charge in [-0.25, -0.2) is 9.18 Å². The topological polar surface area (TPSA) is 76.1 Å². The number of halogens is 3. The Kier molecular flexibility index (Phi) is 7.83. The van der Waals surface area contributed by atoms with Crippen molar-refractivity contribution >= 4 is 40.8 Å². The lowest BCUT2D eigenvalue weighted by Gasteiger charge is -2.30. The van der Waals surface area contributed by atoms with Crippen LogP contribution in [-0.2, 0) is 22.4 Å². The van der Waals surface area contributed by atoms with Crippen molar-refractivity contribution < 1.29 is 28.6 Å². The first-order chi connectivity index (χ1) is 19.3. The average Bonchev–Trinajstić information content (AvgIpc) is 3.32. The molecule has 0 unspecified atom stereocenters. The number of rotatable bonds is 5. The molecule has 0 bridgehead atoms. The van der Waals surface area contributed by atoms with Gasteiger partial charge in [0.1, 0.15) is 0 Å². The second kappa shape index (κ2) is 10.9. The Morgan fingerprint density at radius 2 is 1.80 bits per heavy atom. The van der Waals surface area contributed by atoms with Gasteiger partial charge in [0.25, 0.3) is 5.91 Å². The zero-order valence-corrected chi connectivity index (χ0v) is 25.2. The number of carbonyl (C=O) groups excluding carboxylic acids is 1. The van der Waals surface area contributed by atoms with E-state index < -0.39 is 23.5 Å². The van der Waals surface area contributed by atoms with Crippen LogP contribution in [0.3, 0.4) is 0 Å². The number of aliphatic carboxylic acids is 1. The van der Waals surface area contributed by atoms with E-state index >= 15 is 4.39 Å². The maximum absolute atomic E-state index is 15.5. The summed E-state index contributed by atoms with van der Waals surface area (Å²) < 4.78 is 27.3. The Balaban J connectivity index is 1.77. The van der Waals surface area contributed by atoms with Gasteiger partial charge in [-0.05, 0) is 112 Å². The van der Waals surface area contributed by atoms with Gasteiger partial charge in [0.15, 0.2) is 17.7 Å². The molecule has 0 radical (unpaired) electrons. The number of benzene rings is 3. The Hall–Kier alpha value is -3.13. The molecule has 0 fully saturated rings. The molecular formula is C32H32Cl2FNO5. The number of aryl methyl sites for hydroxylation is 1. The van der Waals surface area contributed by atoms with E-state index in [0.717, 1.165) is 23.1 Å². The summed E-state index contributed by atoms with van der Waals surface area (Å²) in [5.41, 5.74) is 4.86. The van der Waals surface area contributed by atoms with Crippen LogP contribution in [0.25, 0.3) is 11.1 Å². The van der Waals surface area contributed by atoms with E-state index in [1.807, 2.05) is 13.0 Å². The largest absolute Gasteiger partial charge is 0.490 e. The van der Waals surface area contributed by atoms with Crippen LogP contribution < -0.4 is 9.64 Å². The van der Waals surface area contributed by atoms with Gasteiger partial charge in [-0.2, -0.15) is 0 Å². The highest BCUT2D eigenvalue weighted by molar-refractivity contribution is 6.42. The summed E-state index contributed by atoms with van der Waals surface area (Å²) in [4.78, 5) is 28.1. The highest BCUT2D eigenvalue weighted by atomic mass is 35.5. The van der Waals surface area contributed by atoms with E-state index in [4.69, 9.17) is 32.7 Å². The first-order valence-corrected chi connectivity index (χ1v) is 14.3. The minimum Gasteiger partial charge on any atom is -0.490 e. The fraction of sp³-hybridized carbons (Fsp3) is 0.375. The van der Waals surface area contributed by atoms with E-state index in [1.54, 1.807) is 44.7 Å². The summed E-state index contributed by atoms with van der Waals surface area (Å²) >= 11 is 12.3. The fourth-order valence-corrected chi connectivity index (χ4v) is 6.14. The van der Waals surface area contributed by atoms with Crippen LogP contribution in [0.2, 0.25) is 10.0 Å². The zero-order valence-electron chi connectivity index (χ0n) is 23.7. The van der Waals surface area contributed by atoms with Crippen molar-refractivity contribution in [2.45, 2.75) is 65.6 Å². The molecule has 3 aromatic rings. The normalized spacial score (nSPS) is 15.3.